The third-order valence-electron chi connectivity index (χ3n) is 5.63. The average molecular weight is 434 g/mol. The Morgan fingerprint density at radius 2 is 2.12 bits per heavy atom. The van der Waals surface area contributed by atoms with Crippen LogP contribution in [0.5, 0.6) is 0 Å². The number of carbonyl (C=O) groups is 2. The maximum atomic E-state index is 13.3. The second-order valence-electron chi connectivity index (χ2n) is 8.10. The van der Waals surface area contributed by atoms with Crippen LogP contribution in [0.1, 0.15) is 46.3 Å². The number of aromatic nitrogens is 3. The minimum atomic E-state index is -0.158. The Hall–Kier alpha value is -3.61. The van der Waals surface area contributed by atoms with Crippen LogP contribution in [-0.4, -0.2) is 51.1 Å². The number of nitrogens with one attached hydrogen (secondary N) is 2. The van der Waals surface area contributed by atoms with Gasteiger partial charge in [0.25, 0.3) is 11.8 Å². The Balaban J connectivity index is 1.75. The summed E-state index contributed by atoms with van der Waals surface area (Å²) >= 11 is 0. The van der Waals surface area contributed by atoms with Gasteiger partial charge >= 0.3 is 0 Å². The summed E-state index contributed by atoms with van der Waals surface area (Å²) in [5.41, 5.74) is 3.83. The Labute approximate surface area is 188 Å². The number of hydrogen-bond donors (Lipinski definition) is 2. The average Bonchev–Trinajstić information content (AvgIpc) is 3.37. The summed E-state index contributed by atoms with van der Waals surface area (Å²) in [5.74, 6) is -0.292. The fourth-order valence-corrected chi connectivity index (χ4v) is 3.80. The Bertz CT molecular complexity index is 1150. The molecule has 0 bridgehead atoms. The highest BCUT2D eigenvalue weighted by Gasteiger charge is 2.25. The molecule has 7 nitrogen and oxygen atoms in total. The van der Waals surface area contributed by atoms with Gasteiger partial charge in [-0.3, -0.25) is 14.7 Å². The van der Waals surface area contributed by atoms with E-state index >= 15 is 0 Å². The van der Waals surface area contributed by atoms with Crippen LogP contribution >= 0.6 is 0 Å². The molecular weight excluding hydrogens is 402 g/mol. The minimum Gasteiger partial charge on any atom is -0.351 e. The minimum absolute atomic E-state index is 0.133. The van der Waals surface area contributed by atoms with Crippen molar-refractivity contribution >= 4 is 22.7 Å². The molecule has 2 aromatic heterocycles. The molecule has 3 aromatic rings. The molecular formula is C25H31N5O2. The normalized spacial score (nSPS) is 12.2. The molecule has 0 saturated heterocycles. The fourth-order valence-electron chi connectivity index (χ4n) is 3.80. The van der Waals surface area contributed by atoms with Gasteiger partial charge in [-0.15, -0.1) is 0 Å². The van der Waals surface area contributed by atoms with Crippen LogP contribution in [0.25, 0.3) is 10.9 Å². The van der Waals surface area contributed by atoms with E-state index in [-0.39, 0.29) is 17.9 Å². The van der Waals surface area contributed by atoms with E-state index in [9.17, 15) is 9.59 Å². The first-order valence-electron chi connectivity index (χ1n) is 10.7. The van der Waals surface area contributed by atoms with Crippen molar-refractivity contribution in [3.8, 4) is 0 Å². The van der Waals surface area contributed by atoms with Gasteiger partial charge in [-0.2, -0.15) is 5.10 Å². The number of amides is 2. The van der Waals surface area contributed by atoms with Gasteiger partial charge in [0.2, 0.25) is 0 Å². The highest BCUT2D eigenvalue weighted by Crippen LogP contribution is 2.21. The number of aryl methyl sites for hydroxylation is 2. The van der Waals surface area contributed by atoms with Crippen molar-refractivity contribution in [2.75, 3.05) is 13.6 Å². The van der Waals surface area contributed by atoms with Gasteiger partial charge in [-0.25, -0.2) is 0 Å². The third-order valence-corrected chi connectivity index (χ3v) is 5.63. The molecule has 0 saturated carbocycles. The van der Waals surface area contributed by atoms with Gasteiger partial charge in [-0.05, 0) is 51.0 Å². The number of carbonyl (C=O) groups excluding carboxylic acids is 2. The van der Waals surface area contributed by atoms with Crippen molar-refractivity contribution in [2.45, 2.75) is 32.7 Å². The maximum absolute atomic E-state index is 13.3. The van der Waals surface area contributed by atoms with E-state index in [0.29, 0.717) is 30.8 Å². The summed E-state index contributed by atoms with van der Waals surface area (Å²) in [4.78, 5) is 27.5. The molecule has 32 heavy (non-hydrogen) atoms. The first kappa shape index (κ1) is 23.1. The molecule has 0 fully saturated rings. The van der Waals surface area contributed by atoms with Gasteiger partial charge in [0, 0.05) is 38.3 Å². The Morgan fingerprint density at radius 1 is 1.34 bits per heavy atom. The van der Waals surface area contributed by atoms with Crippen LogP contribution in [0.2, 0.25) is 0 Å². The summed E-state index contributed by atoms with van der Waals surface area (Å²) in [5, 5.41) is 11.0. The second-order valence-corrected chi connectivity index (χ2v) is 8.10. The quantitative estimate of drug-likeness (QED) is 0.501. The zero-order valence-electron chi connectivity index (χ0n) is 19.2. The lowest BCUT2D eigenvalue weighted by Crippen LogP contribution is -2.40. The van der Waals surface area contributed by atoms with Gasteiger partial charge < -0.3 is 14.8 Å². The molecule has 1 aromatic carbocycles. The SMILES string of the molecule is C=C(C=CC)CC(CCNC(=O)c1cccn1C)N(C)C(=O)c1n[nH]c2ccc(C)cc12. The lowest BCUT2D eigenvalue weighted by Gasteiger charge is -2.28. The fraction of sp³-hybridized carbons (Fsp3) is 0.320. The van der Waals surface area contributed by atoms with Crippen molar-refractivity contribution in [3.63, 3.8) is 0 Å². The van der Waals surface area contributed by atoms with Crippen LogP contribution in [0.15, 0.2) is 60.8 Å². The van der Waals surface area contributed by atoms with Gasteiger partial charge in [0.15, 0.2) is 5.69 Å². The first-order valence-corrected chi connectivity index (χ1v) is 10.7. The molecule has 2 amide bonds. The van der Waals surface area contributed by atoms with Crippen molar-refractivity contribution in [2.24, 2.45) is 7.05 Å². The molecule has 3 rings (SSSR count). The number of rotatable bonds is 9. The number of aromatic amines is 1. The maximum Gasteiger partial charge on any atom is 0.274 e. The van der Waals surface area contributed by atoms with Crippen molar-refractivity contribution in [1.29, 1.82) is 0 Å². The van der Waals surface area contributed by atoms with E-state index in [1.165, 1.54) is 0 Å². The van der Waals surface area contributed by atoms with Gasteiger partial charge in [-0.1, -0.05) is 35.9 Å². The Kier molecular flexibility index (Phi) is 7.30. The summed E-state index contributed by atoms with van der Waals surface area (Å²) in [6, 6.07) is 9.35. The summed E-state index contributed by atoms with van der Waals surface area (Å²) in [7, 11) is 3.62. The largest absolute Gasteiger partial charge is 0.351 e. The van der Waals surface area contributed by atoms with E-state index in [4.69, 9.17) is 0 Å². The lowest BCUT2D eigenvalue weighted by molar-refractivity contribution is 0.0719. The molecule has 168 valence electrons. The molecule has 0 spiro atoms. The molecule has 0 aliphatic heterocycles. The third kappa shape index (κ3) is 5.17. The van der Waals surface area contributed by atoms with Gasteiger partial charge in [0.1, 0.15) is 5.69 Å². The number of hydrogen-bond acceptors (Lipinski definition) is 3. The van der Waals surface area contributed by atoms with Crippen LogP contribution in [-0.2, 0) is 7.05 Å². The predicted octanol–water partition coefficient (Wildman–Crippen LogP) is 3.99. The Morgan fingerprint density at radius 3 is 2.81 bits per heavy atom. The molecule has 7 heteroatoms. The monoisotopic (exact) mass is 433 g/mol. The highest BCUT2D eigenvalue weighted by atomic mass is 16.2. The van der Waals surface area contributed by atoms with Crippen molar-refractivity contribution < 1.29 is 9.59 Å². The standard InChI is InChI=1S/C25H31N5O2/c1-6-8-17(2)15-19(12-13-26-24(31)22-9-7-14-29(22)4)30(5)25(32)23-20-16-18(3)10-11-21(20)27-28-23/h6-11,14,16,19H,2,12-13,15H2,1,3-5H3,(H,26,31)(H,27,28). The van der Waals surface area contributed by atoms with Crippen LogP contribution in [0, 0.1) is 6.92 Å². The smallest absolute Gasteiger partial charge is 0.274 e. The van der Waals surface area contributed by atoms with Gasteiger partial charge in [0.05, 0.1) is 5.52 Å². The number of nitrogens with zero attached hydrogens (tertiary/aromatic N) is 3. The topological polar surface area (TPSA) is 83.0 Å². The summed E-state index contributed by atoms with van der Waals surface area (Å²) < 4.78 is 1.78. The van der Waals surface area contributed by atoms with E-state index in [2.05, 4.69) is 22.1 Å². The number of allylic oxidation sites excluding steroid dienone is 2. The molecule has 0 aliphatic rings. The molecule has 2 heterocycles. The molecule has 1 atom stereocenters. The van der Waals surface area contributed by atoms with Crippen LogP contribution < -0.4 is 5.32 Å². The van der Waals surface area contributed by atoms with Crippen LogP contribution in [0.4, 0.5) is 0 Å². The second kappa shape index (κ2) is 10.1. The number of benzene rings is 1. The molecule has 0 radical (unpaired) electrons. The lowest BCUT2D eigenvalue weighted by atomic mass is 10.0. The van der Waals surface area contributed by atoms with E-state index in [0.717, 1.165) is 22.0 Å². The molecule has 1 unspecified atom stereocenters. The predicted molar refractivity (Wildman–Crippen MR) is 128 cm³/mol. The highest BCUT2D eigenvalue weighted by molar-refractivity contribution is 6.04. The molecule has 0 aliphatic carbocycles. The van der Waals surface area contributed by atoms with Crippen molar-refractivity contribution in [3.05, 3.63) is 77.8 Å². The summed E-state index contributed by atoms with van der Waals surface area (Å²) in [6.07, 6.45) is 6.91. The van der Waals surface area contributed by atoms with E-state index in [1.54, 1.807) is 22.6 Å². The summed E-state index contributed by atoms with van der Waals surface area (Å²) in [6.45, 7) is 8.48. The first-order chi connectivity index (χ1) is 15.3. The van der Waals surface area contributed by atoms with E-state index < -0.39 is 0 Å². The number of fused-ring (bicyclic) bond motifs is 1. The zero-order chi connectivity index (χ0) is 23.3. The van der Waals surface area contributed by atoms with Crippen molar-refractivity contribution in [1.82, 2.24) is 25.0 Å². The van der Waals surface area contributed by atoms with E-state index in [1.807, 2.05) is 63.5 Å². The molecule has 2 N–H and O–H groups in total. The zero-order valence-corrected chi connectivity index (χ0v) is 19.2. The number of H-pyrrole nitrogens is 1. The van der Waals surface area contributed by atoms with Crippen LogP contribution in [0.3, 0.4) is 0 Å².